The number of para-hydroxylation sites is 1. The Balaban J connectivity index is 2.20. The van der Waals surface area contributed by atoms with Crippen molar-refractivity contribution in [3.8, 4) is 0 Å². The number of thioether (sulfide) groups is 1. The van der Waals surface area contributed by atoms with Gasteiger partial charge in [0.2, 0.25) is 0 Å². The van der Waals surface area contributed by atoms with Gasteiger partial charge in [0.25, 0.3) is 0 Å². The molecule has 22 heavy (non-hydrogen) atoms. The SMILES string of the molecule is CC(C)=C/C(C)=C(\C)Sc1ccccc1N1CCN(C)CC1. The Morgan fingerprint density at radius 1 is 1.00 bits per heavy atom. The monoisotopic (exact) mass is 316 g/mol. The molecular weight excluding hydrogens is 288 g/mol. The summed E-state index contributed by atoms with van der Waals surface area (Å²) in [7, 11) is 2.20. The van der Waals surface area contributed by atoms with Crippen LogP contribution in [0.4, 0.5) is 5.69 Å². The number of piperazine rings is 1. The third-order valence-corrected chi connectivity index (χ3v) is 5.23. The first-order chi connectivity index (χ1) is 10.5. The number of nitrogens with zero attached hydrogens (tertiary/aromatic N) is 2. The average Bonchev–Trinajstić information content (AvgIpc) is 2.48. The molecule has 1 aliphatic rings. The van der Waals surface area contributed by atoms with Crippen LogP contribution in [0, 0.1) is 0 Å². The second kappa shape index (κ2) is 7.89. The minimum absolute atomic E-state index is 1.11. The fourth-order valence-electron chi connectivity index (χ4n) is 2.63. The van der Waals surface area contributed by atoms with E-state index in [-0.39, 0.29) is 0 Å². The van der Waals surface area contributed by atoms with Gasteiger partial charge < -0.3 is 9.80 Å². The summed E-state index contributed by atoms with van der Waals surface area (Å²) < 4.78 is 0. The molecule has 0 atom stereocenters. The van der Waals surface area contributed by atoms with Crippen LogP contribution in [-0.2, 0) is 0 Å². The van der Waals surface area contributed by atoms with Gasteiger partial charge in [0.05, 0.1) is 5.69 Å². The van der Waals surface area contributed by atoms with E-state index in [0.29, 0.717) is 0 Å². The number of allylic oxidation sites excluding steroid dienone is 4. The summed E-state index contributed by atoms with van der Waals surface area (Å²) in [6.45, 7) is 13.2. The normalized spacial score (nSPS) is 17.2. The molecule has 2 nitrogen and oxygen atoms in total. The Labute approximate surface area is 139 Å². The van der Waals surface area contributed by atoms with Crippen molar-refractivity contribution in [2.45, 2.75) is 32.6 Å². The van der Waals surface area contributed by atoms with Crippen LogP contribution in [0.1, 0.15) is 27.7 Å². The standard InChI is InChI=1S/C19H28N2S/c1-15(2)14-16(3)17(4)22-19-9-7-6-8-18(19)21-12-10-20(5)11-13-21/h6-9,14H,10-13H2,1-5H3/b17-16+. The molecule has 0 amide bonds. The smallest absolute Gasteiger partial charge is 0.0508 e. The molecule has 1 aromatic carbocycles. The lowest BCUT2D eigenvalue weighted by Crippen LogP contribution is -2.44. The van der Waals surface area contributed by atoms with Gasteiger partial charge in [-0.1, -0.05) is 35.5 Å². The molecule has 0 saturated carbocycles. The molecule has 1 fully saturated rings. The molecule has 0 spiro atoms. The van der Waals surface area contributed by atoms with Gasteiger partial charge in [0.1, 0.15) is 0 Å². The first-order valence-electron chi connectivity index (χ1n) is 8.00. The molecule has 0 radical (unpaired) electrons. The Hall–Kier alpha value is -1.19. The van der Waals surface area contributed by atoms with Crippen molar-refractivity contribution in [2.75, 3.05) is 38.1 Å². The summed E-state index contributed by atoms with van der Waals surface area (Å²) in [5, 5.41) is 0. The summed E-state index contributed by atoms with van der Waals surface area (Å²) >= 11 is 1.89. The third-order valence-electron chi connectivity index (χ3n) is 4.03. The molecule has 0 N–H and O–H groups in total. The highest BCUT2D eigenvalue weighted by atomic mass is 32.2. The van der Waals surface area contributed by atoms with E-state index in [2.05, 4.69) is 74.9 Å². The van der Waals surface area contributed by atoms with E-state index in [9.17, 15) is 0 Å². The Morgan fingerprint density at radius 2 is 1.64 bits per heavy atom. The maximum atomic E-state index is 2.52. The number of hydrogen-bond acceptors (Lipinski definition) is 3. The van der Waals surface area contributed by atoms with Gasteiger partial charge in [0, 0.05) is 31.1 Å². The van der Waals surface area contributed by atoms with Crippen molar-refractivity contribution in [1.29, 1.82) is 0 Å². The van der Waals surface area contributed by atoms with Crippen LogP contribution in [0.5, 0.6) is 0 Å². The molecule has 2 rings (SSSR count). The van der Waals surface area contributed by atoms with E-state index in [0.717, 1.165) is 26.2 Å². The molecule has 0 aromatic heterocycles. The highest BCUT2D eigenvalue weighted by Gasteiger charge is 2.17. The molecule has 1 aromatic rings. The largest absolute Gasteiger partial charge is 0.368 e. The van der Waals surface area contributed by atoms with Crippen molar-refractivity contribution in [1.82, 2.24) is 4.90 Å². The zero-order valence-electron chi connectivity index (χ0n) is 14.5. The predicted molar refractivity (Wildman–Crippen MR) is 99.8 cm³/mol. The van der Waals surface area contributed by atoms with Gasteiger partial charge in [0.15, 0.2) is 0 Å². The van der Waals surface area contributed by atoms with Crippen LogP contribution in [0.25, 0.3) is 0 Å². The van der Waals surface area contributed by atoms with Gasteiger partial charge in [-0.15, -0.1) is 0 Å². The first kappa shape index (κ1) is 17.2. The minimum Gasteiger partial charge on any atom is -0.368 e. The summed E-state index contributed by atoms with van der Waals surface area (Å²) in [5.41, 5.74) is 4.09. The zero-order valence-corrected chi connectivity index (χ0v) is 15.3. The second-order valence-electron chi connectivity index (χ2n) is 6.32. The Kier molecular flexibility index (Phi) is 6.16. The predicted octanol–water partition coefficient (Wildman–Crippen LogP) is 4.79. The van der Waals surface area contributed by atoms with Crippen molar-refractivity contribution in [2.24, 2.45) is 0 Å². The number of anilines is 1. The van der Waals surface area contributed by atoms with Crippen molar-refractivity contribution < 1.29 is 0 Å². The van der Waals surface area contributed by atoms with Crippen LogP contribution in [0.2, 0.25) is 0 Å². The fourth-order valence-corrected chi connectivity index (χ4v) is 3.63. The summed E-state index contributed by atoms with van der Waals surface area (Å²) in [6, 6.07) is 8.81. The van der Waals surface area contributed by atoms with Crippen LogP contribution in [-0.4, -0.2) is 38.1 Å². The molecule has 1 aliphatic heterocycles. The molecular formula is C19H28N2S. The van der Waals surface area contributed by atoms with Gasteiger partial charge in [-0.3, -0.25) is 0 Å². The fraction of sp³-hybridized carbons (Fsp3) is 0.474. The van der Waals surface area contributed by atoms with E-state index in [1.54, 1.807) is 0 Å². The van der Waals surface area contributed by atoms with Crippen molar-refractivity contribution in [3.63, 3.8) is 0 Å². The maximum Gasteiger partial charge on any atom is 0.0508 e. The molecule has 3 heteroatoms. The van der Waals surface area contributed by atoms with Crippen molar-refractivity contribution >= 4 is 17.4 Å². The summed E-state index contributed by atoms with van der Waals surface area (Å²) in [6.07, 6.45) is 2.26. The van der Waals surface area contributed by atoms with Crippen molar-refractivity contribution in [3.05, 3.63) is 46.4 Å². The minimum atomic E-state index is 1.11. The van der Waals surface area contributed by atoms with E-state index in [4.69, 9.17) is 0 Å². The quantitative estimate of drug-likeness (QED) is 0.582. The number of hydrogen-bond donors (Lipinski definition) is 0. The zero-order chi connectivity index (χ0) is 16.1. The van der Waals surface area contributed by atoms with E-state index in [1.165, 1.54) is 26.6 Å². The third kappa shape index (κ3) is 4.65. The summed E-state index contributed by atoms with van der Waals surface area (Å²) in [4.78, 5) is 7.66. The number of rotatable bonds is 4. The molecule has 0 bridgehead atoms. The lowest BCUT2D eigenvalue weighted by molar-refractivity contribution is 0.312. The van der Waals surface area contributed by atoms with Crippen LogP contribution in [0.3, 0.4) is 0 Å². The Bertz CT molecular complexity index is 563. The van der Waals surface area contributed by atoms with Gasteiger partial charge in [-0.25, -0.2) is 0 Å². The van der Waals surface area contributed by atoms with E-state index >= 15 is 0 Å². The van der Waals surface area contributed by atoms with Crippen LogP contribution in [0.15, 0.2) is 51.3 Å². The molecule has 0 aliphatic carbocycles. The Morgan fingerprint density at radius 3 is 2.27 bits per heavy atom. The van der Waals surface area contributed by atoms with E-state index in [1.807, 2.05) is 11.8 Å². The topological polar surface area (TPSA) is 6.48 Å². The van der Waals surface area contributed by atoms with Gasteiger partial charge in [-0.2, -0.15) is 0 Å². The average molecular weight is 317 g/mol. The van der Waals surface area contributed by atoms with Gasteiger partial charge >= 0.3 is 0 Å². The molecule has 1 saturated heterocycles. The summed E-state index contributed by atoms with van der Waals surface area (Å²) in [5.74, 6) is 0. The lowest BCUT2D eigenvalue weighted by atomic mass is 10.2. The highest BCUT2D eigenvalue weighted by molar-refractivity contribution is 8.03. The van der Waals surface area contributed by atoms with Crippen LogP contribution >= 0.6 is 11.8 Å². The molecule has 1 heterocycles. The molecule has 0 unspecified atom stereocenters. The maximum absolute atomic E-state index is 2.52. The lowest BCUT2D eigenvalue weighted by Gasteiger charge is -2.35. The second-order valence-corrected chi connectivity index (χ2v) is 7.58. The highest BCUT2D eigenvalue weighted by Crippen LogP contribution is 2.36. The van der Waals surface area contributed by atoms with E-state index < -0.39 is 0 Å². The van der Waals surface area contributed by atoms with Crippen LogP contribution < -0.4 is 4.90 Å². The number of likely N-dealkylation sites (N-methyl/N-ethyl adjacent to an activating group) is 1. The van der Waals surface area contributed by atoms with Gasteiger partial charge in [-0.05, 0) is 57.4 Å². The molecule has 120 valence electrons. The number of benzene rings is 1. The first-order valence-corrected chi connectivity index (χ1v) is 8.82.